The molecule has 0 spiro atoms. The van der Waals surface area contributed by atoms with E-state index >= 15 is 0 Å². The van der Waals surface area contributed by atoms with Crippen molar-refractivity contribution in [1.29, 1.82) is 0 Å². The van der Waals surface area contributed by atoms with Gasteiger partial charge < -0.3 is 5.32 Å². The molecule has 0 bridgehead atoms. The zero-order valence-corrected chi connectivity index (χ0v) is 10.1. The Morgan fingerprint density at radius 2 is 2.06 bits per heavy atom. The minimum absolute atomic E-state index is 0.592. The number of hydrogen-bond donors (Lipinski definition) is 1. The Morgan fingerprint density at radius 1 is 1.38 bits per heavy atom. The third kappa shape index (κ3) is 2.79. The molecule has 0 fully saturated rings. The Balaban J connectivity index is 3.01. The first-order valence-corrected chi connectivity index (χ1v) is 5.61. The predicted octanol–water partition coefficient (Wildman–Crippen LogP) is 3.47. The van der Waals surface area contributed by atoms with E-state index in [1.54, 1.807) is 13.0 Å². The minimum atomic E-state index is -2.42. The van der Waals surface area contributed by atoms with Crippen LogP contribution in [0.1, 0.15) is 31.4 Å². The Bertz CT molecular complexity index is 338. The van der Waals surface area contributed by atoms with Gasteiger partial charge in [-0.05, 0) is 32.4 Å². The van der Waals surface area contributed by atoms with E-state index in [2.05, 4.69) is 5.32 Å². The van der Waals surface area contributed by atoms with Gasteiger partial charge in [0.15, 0.2) is 0 Å². The highest BCUT2D eigenvalue weighted by Gasteiger charge is 2.35. The molecule has 1 aromatic rings. The number of alkyl halides is 2. The maximum Gasteiger partial charge on any atom is 0.260 e. The molecule has 0 radical (unpaired) electrons. The third-order valence-electron chi connectivity index (χ3n) is 2.80. The molecule has 1 rings (SSSR count). The molecule has 0 aliphatic rings. The fourth-order valence-electron chi connectivity index (χ4n) is 1.66. The van der Waals surface area contributed by atoms with Crippen LogP contribution in [0.3, 0.4) is 0 Å². The van der Waals surface area contributed by atoms with Gasteiger partial charge in [0.05, 0.1) is 0 Å². The number of halogens is 2. The van der Waals surface area contributed by atoms with E-state index in [4.69, 9.17) is 0 Å². The molecule has 1 nitrogen and oxygen atoms in total. The second kappa shape index (κ2) is 5.39. The minimum Gasteiger partial charge on any atom is -0.303 e. The van der Waals surface area contributed by atoms with E-state index < -0.39 is 12.0 Å². The molecule has 0 aliphatic carbocycles. The Morgan fingerprint density at radius 3 is 2.56 bits per heavy atom. The summed E-state index contributed by atoms with van der Waals surface area (Å²) < 4.78 is 26.3. The summed E-state index contributed by atoms with van der Waals surface area (Å²) in [6.07, 6.45) is -1.57. The Kier molecular flexibility index (Phi) is 4.42. The average molecular weight is 227 g/mol. The van der Waals surface area contributed by atoms with Crippen molar-refractivity contribution in [3.05, 3.63) is 35.4 Å². The van der Waals surface area contributed by atoms with Crippen molar-refractivity contribution in [2.45, 2.75) is 39.2 Å². The van der Waals surface area contributed by atoms with Crippen molar-refractivity contribution in [3.63, 3.8) is 0 Å². The van der Waals surface area contributed by atoms with E-state index in [1.165, 1.54) is 0 Å². The number of nitrogens with one attached hydrogen (secondary N) is 1. The third-order valence-corrected chi connectivity index (χ3v) is 2.80. The van der Waals surface area contributed by atoms with Gasteiger partial charge in [0.25, 0.3) is 6.43 Å². The zero-order chi connectivity index (χ0) is 12.2. The van der Waals surface area contributed by atoms with Crippen LogP contribution < -0.4 is 5.32 Å². The van der Waals surface area contributed by atoms with Gasteiger partial charge in [0, 0.05) is 0 Å². The van der Waals surface area contributed by atoms with Gasteiger partial charge >= 0.3 is 0 Å². The fourth-order valence-corrected chi connectivity index (χ4v) is 1.66. The van der Waals surface area contributed by atoms with Crippen LogP contribution in [0.2, 0.25) is 0 Å². The van der Waals surface area contributed by atoms with Crippen molar-refractivity contribution in [2.24, 2.45) is 0 Å². The van der Waals surface area contributed by atoms with Gasteiger partial charge in [-0.3, -0.25) is 0 Å². The summed E-state index contributed by atoms with van der Waals surface area (Å²) in [6, 6.07) is 7.30. The lowest BCUT2D eigenvalue weighted by molar-refractivity contribution is 0.0385. The van der Waals surface area contributed by atoms with Crippen LogP contribution in [0.5, 0.6) is 0 Å². The van der Waals surface area contributed by atoms with Crippen LogP contribution >= 0.6 is 0 Å². The van der Waals surface area contributed by atoms with Gasteiger partial charge in [-0.25, -0.2) is 8.78 Å². The maximum absolute atomic E-state index is 13.2. The number of hydrogen-bond acceptors (Lipinski definition) is 1. The second-order valence-electron chi connectivity index (χ2n) is 4.30. The first-order valence-electron chi connectivity index (χ1n) is 5.61. The largest absolute Gasteiger partial charge is 0.303 e. The summed E-state index contributed by atoms with van der Waals surface area (Å²) in [4.78, 5) is 0. The van der Waals surface area contributed by atoms with Gasteiger partial charge in [-0.1, -0.05) is 36.8 Å². The molecule has 1 aromatic carbocycles. The zero-order valence-electron chi connectivity index (χ0n) is 10.1. The van der Waals surface area contributed by atoms with E-state index in [9.17, 15) is 8.78 Å². The number of aryl methyl sites for hydroxylation is 1. The molecule has 1 atom stereocenters. The molecule has 16 heavy (non-hydrogen) atoms. The first-order chi connectivity index (χ1) is 7.50. The molecule has 0 amide bonds. The highest BCUT2D eigenvalue weighted by molar-refractivity contribution is 5.29. The summed E-state index contributed by atoms with van der Waals surface area (Å²) in [5.74, 6) is 0. The molecular formula is C13H19F2N. The van der Waals surface area contributed by atoms with Crippen LogP contribution in [0.15, 0.2) is 24.3 Å². The van der Waals surface area contributed by atoms with Crippen LogP contribution in [-0.4, -0.2) is 13.0 Å². The highest BCUT2D eigenvalue weighted by Crippen LogP contribution is 2.28. The van der Waals surface area contributed by atoms with Crippen molar-refractivity contribution in [3.8, 4) is 0 Å². The molecule has 3 heteroatoms. The lowest BCUT2D eigenvalue weighted by Crippen LogP contribution is -2.46. The van der Waals surface area contributed by atoms with E-state index in [1.807, 2.05) is 32.0 Å². The van der Waals surface area contributed by atoms with Crippen LogP contribution in [-0.2, 0) is 5.54 Å². The van der Waals surface area contributed by atoms with Gasteiger partial charge in [-0.15, -0.1) is 0 Å². The SMILES string of the molecule is CCCNC(C)(c1cccc(C)c1)C(F)F. The summed E-state index contributed by atoms with van der Waals surface area (Å²) in [6.45, 7) is 6.03. The van der Waals surface area contributed by atoms with Gasteiger partial charge in [0.1, 0.15) is 5.54 Å². The predicted molar refractivity (Wildman–Crippen MR) is 62.8 cm³/mol. The molecule has 1 N–H and O–H groups in total. The lowest BCUT2D eigenvalue weighted by Gasteiger charge is -2.31. The molecule has 90 valence electrons. The smallest absolute Gasteiger partial charge is 0.260 e. The van der Waals surface area contributed by atoms with E-state index in [-0.39, 0.29) is 0 Å². The van der Waals surface area contributed by atoms with E-state index in [0.717, 1.165) is 12.0 Å². The highest BCUT2D eigenvalue weighted by atomic mass is 19.3. The van der Waals surface area contributed by atoms with Crippen molar-refractivity contribution in [2.75, 3.05) is 6.54 Å². The number of benzene rings is 1. The van der Waals surface area contributed by atoms with Crippen molar-refractivity contribution in [1.82, 2.24) is 5.32 Å². The summed E-state index contributed by atoms with van der Waals surface area (Å²) in [5.41, 5.74) is 0.404. The molecule has 0 heterocycles. The first kappa shape index (κ1) is 13.1. The van der Waals surface area contributed by atoms with Crippen molar-refractivity contribution < 1.29 is 8.78 Å². The topological polar surface area (TPSA) is 12.0 Å². The standard InChI is InChI=1S/C13H19F2N/c1-4-8-16-13(3,12(14)15)11-7-5-6-10(2)9-11/h5-7,9,12,16H,4,8H2,1-3H3. The summed E-state index contributed by atoms with van der Waals surface area (Å²) >= 11 is 0. The molecule has 0 aromatic heterocycles. The van der Waals surface area contributed by atoms with Gasteiger partial charge in [-0.2, -0.15) is 0 Å². The molecular weight excluding hydrogens is 208 g/mol. The number of rotatable bonds is 5. The molecule has 1 unspecified atom stereocenters. The normalized spacial score (nSPS) is 15.1. The molecule has 0 aliphatic heterocycles. The monoisotopic (exact) mass is 227 g/mol. The van der Waals surface area contributed by atoms with Crippen molar-refractivity contribution >= 4 is 0 Å². The quantitative estimate of drug-likeness (QED) is 0.812. The molecule has 0 saturated carbocycles. The van der Waals surface area contributed by atoms with Crippen LogP contribution in [0.4, 0.5) is 8.78 Å². The Hall–Kier alpha value is -0.960. The Labute approximate surface area is 95.9 Å². The van der Waals surface area contributed by atoms with Gasteiger partial charge in [0.2, 0.25) is 0 Å². The summed E-state index contributed by atoms with van der Waals surface area (Å²) in [7, 11) is 0. The maximum atomic E-state index is 13.2. The average Bonchev–Trinajstić information content (AvgIpc) is 2.25. The van der Waals surface area contributed by atoms with Crippen LogP contribution in [0.25, 0.3) is 0 Å². The fraction of sp³-hybridized carbons (Fsp3) is 0.538. The molecule has 0 saturated heterocycles. The lowest BCUT2D eigenvalue weighted by atomic mass is 9.91. The second-order valence-corrected chi connectivity index (χ2v) is 4.30. The summed E-state index contributed by atoms with van der Waals surface area (Å²) in [5, 5.41) is 2.94. The van der Waals surface area contributed by atoms with Crippen LogP contribution in [0, 0.1) is 6.92 Å². The van der Waals surface area contributed by atoms with E-state index in [0.29, 0.717) is 12.1 Å².